The van der Waals surface area contributed by atoms with E-state index in [1.54, 1.807) is 36.2 Å². The molecule has 0 spiro atoms. The van der Waals surface area contributed by atoms with E-state index in [0.29, 0.717) is 17.2 Å². The van der Waals surface area contributed by atoms with Gasteiger partial charge >= 0.3 is 0 Å². The zero-order valence-electron chi connectivity index (χ0n) is 20.5. The van der Waals surface area contributed by atoms with Crippen molar-refractivity contribution in [1.29, 1.82) is 0 Å². The summed E-state index contributed by atoms with van der Waals surface area (Å²) >= 11 is 0. The summed E-state index contributed by atoms with van der Waals surface area (Å²) < 4.78 is 5.89. The second-order valence-electron chi connectivity index (χ2n) is 9.56. The van der Waals surface area contributed by atoms with Crippen molar-refractivity contribution < 1.29 is 14.3 Å². The number of ether oxygens (including phenoxy) is 1. The third kappa shape index (κ3) is 4.54. The molecule has 0 saturated carbocycles. The van der Waals surface area contributed by atoms with Crippen molar-refractivity contribution >= 4 is 23.2 Å². The van der Waals surface area contributed by atoms with Gasteiger partial charge in [0.1, 0.15) is 5.75 Å². The van der Waals surface area contributed by atoms with Crippen LogP contribution < -0.4 is 14.5 Å². The van der Waals surface area contributed by atoms with Crippen molar-refractivity contribution in [3.63, 3.8) is 0 Å². The van der Waals surface area contributed by atoms with Crippen LogP contribution >= 0.6 is 0 Å². The van der Waals surface area contributed by atoms with E-state index in [4.69, 9.17) is 4.74 Å². The van der Waals surface area contributed by atoms with Crippen LogP contribution in [0.1, 0.15) is 33.8 Å². The molecule has 2 aliphatic rings. The number of hydrogen-bond donors (Lipinski definition) is 0. The third-order valence-electron chi connectivity index (χ3n) is 7.13. The predicted molar refractivity (Wildman–Crippen MR) is 138 cm³/mol. The fraction of sp³-hybridized carbons (Fsp3) is 0.310. The fourth-order valence-electron chi connectivity index (χ4n) is 5.28. The van der Waals surface area contributed by atoms with Gasteiger partial charge in [-0.1, -0.05) is 35.9 Å². The molecular formula is C29H31N3O3. The summed E-state index contributed by atoms with van der Waals surface area (Å²) in [6, 6.07) is 23.0. The molecule has 2 unspecified atom stereocenters. The Morgan fingerprint density at radius 1 is 1.03 bits per heavy atom. The summed E-state index contributed by atoms with van der Waals surface area (Å²) in [5.41, 5.74) is 4.90. The van der Waals surface area contributed by atoms with Crippen molar-refractivity contribution in [3.8, 4) is 5.75 Å². The molecule has 3 aromatic carbocycles. The van der Waals surface area contributed by atoms with Crippen molar-refractivity contribution in [2.45, 2.75) is 25.3 Å². The Kier molecular flexibility index (Phi) is 6.31. The minimum atomic E-state index is -0.0786. The first kappa shape index (κ1) is 23.1. The van der Waals surface area contributed by atoms with E-state index in [0.717, 1.165) is 30.9 Å². The molecule has 1 saturated heterocycles. The molecule has 0 aliphatic carbocycles. The Morgan fingerprint density at radius 3 is 2.51 bits per heavy atom. The SMILES string of the molecule is Cc1ccc2c(c1)C1CN(C)CCC1N2C(=O)COc1ccc(N(C)C(=O)c2ccccc2)cc1. The van der Waals surface area contributed by atoms with E-state index in [1.165, 1.54) is 11.1 Å². The van der Waals surface area contributed by atoms with E-state index >= 15 is 0 Å². The van der Waals surface area contributed by atoms with Crippen molar-refractivity contribution in [2.75, 3.05) is 43.6 Å². The van der Waals surface area contributed by atoms with Crippen LogP contribution in [0.3, 0.4) is 0 Å². The number of carbonyl (C=O) groups is 2. The number of aryl methyl sites for hydroxylation is 1. The van der Waals surface area contributed by atoms with Gasteiger partial charge in [-0.2, -0.15) is 0 Å². The summed E-state index contributed by atoms with van der Waals surface area (Å²) in [5, 5.41) is 0. The molecule has 2 aliphatic heterocycles. The maximum atomic E-state index is 13.4. The molecular weight excluding hydrogens is 438 g/mol. The van der Waals surface area contributed by atoms with Crippen LogP contribution in [0.25, 0.3) is 0 Å². The Labute approximate surface area is 206 Å². The molecule has 2 atom stereocenters. The second-order valence-corrected chi connectivity index (χ2v) is 9.56. The minimum absolute atomic E-state index is 0.0207. The molecule has 0 radical (unpaired) electrons. The van der Waals surface area contributed by atoms with Gasteiger partial charge in [-0.3, -0.25) is 9.59 Å². The van der Waals surface area contributed by atoms with E-state index in [2.05, 4.69) is 37.1 Å². The number of rotatable bonds is 5. The van der Waals surface area contributed by atoms with Gasteiger partial charge < -0.3 is 19.4 Å². The topological polar surface area (TPSA) is 53.1 Å². The first-order valence-corrected chi connectivity index (χ1v) is 12.1. The lowest BCUT2D eigenvalue weighted by atomic mass is 9.89. The first-order chi connectivity index (χ1) is 16.9. The third-order valence-corrected chi connectivity index (χ3v) is 7.13. The monoisotopic (exact) mass is 469 g/mol. The van der Waals surface area contributed by atoms with Crippen molar-refractivity contribution in [3.05, 3.63) is 89.5 Å². The Hall–Kier alpha value is -3.64. The molecule has 2 heterocycles. The van der Waals surface area contributed by atoms with Crippen molar-refractivity contribution in [1.82, 2.24) is 4.90 Å². The molecule has 6 nitrogen and oxygen atoms in total. The van der Waals surface area contributed by atoms with Crippen LogP contribution in [0, 0.1) is 6.92 Å². The lowest BCUT2D eigenvalue weighted by Crippen LogP contribution is -2.48. The molecule has 6 heteroatoms. The zero-order chi connectivity index (χ0) is 24.5. The molecule has 5 rings (SSSR count). The number of hydrogen-bond acceptors (Lipinski definition) is 4. The molecule has 1 fully saturated rings. The average molecular weight is 470 g/mol. The standard InChI is InChI=1S/C29H31N3O3/c1-20-9-14-26-24(17-20)25-18-30(2)16-15-27(25)32(26)28(33)19-35-23-12-10-22(11-13-23)31(3)29(34)21-7-5-4-6-8-21/h4-14,17,25,27H,15-16,18-19H2,1-3H3. The van der Waals surface area contributed by atoms with E-state index in [-0.39, 0.29) is 24.5 Å². The normalized spacial score (nSPS) is 19.1. The van der Waals surface area contributed by atoms with Gasteiger partial charge in [0.15, 0.2) is 6.61 Å². The molecule has 35 heavy (non-hydrogen) atoms. The van der Waals surface area contributed by atoms with Crippen LogP contribution in [0.5, 0.6) is 5.75 Å². The Balaban J connectivity index is 1.26. The number of likely N-dealkylation sites (N-methyl/N-ethyl adjacent to an activating group) is 1. The summed E-state index contributed by atoms with van der Waals surface area (Å²) in [4.78, 5) is 32.0. The number of anilines is 2. The van der Waals surface area contributed by atoms with Crippen molar-refractivity contribution in [2.24, 2.45) is 0 Å². The average Bonchev–Trinajstić information content (AvgIpc) is 3.20. The number of benzene rings is 3. The number of carbonyl (C=O) groups excluding carboxylic acids is 2. The van der Waals surface area contributed by atoms with Crippen LogP contribution in [-0.2, 0) is 4.79 Å². The van der Waals surface area contributed by atoms with E-state index in [9.17, 15) is 9.59 Å². The highest BCUT2D eigenvalue weighted by atomic mass is 16.5. The summed E-state index contributed by atoms with van der Waals surface area (Å²) in [5.74, 6) is 0.841. The largest absolute Gasteiger partial charge is 0.484 e. The highest BCUT2D eigenvalue weighted by Crippen LogP contribution is 2.45. The van der Waals surface area contributed by atoms with Gasteiger partial charge in [0.25, 0.3) is 11.8 Å². The first-order valence-electron chi connectivity index (χ1n) is 12.1. The quantitative estimate of drug-likeness (QED) is 0.553. The molecule has 0 aromatic heterocycles. The number of piperidine rings is 1. The lowest BCUT2D eigenvalue weighted by molar-refractivity contribution is -0.121. The Bertz CT molecular complexity index is 1230. The van der Waals surface area contributed by atoms with Gasteiger partial charge in [0, 0.05) is 42.5 Å². The smallest absolute Gasteiger partial charge is 0.265 e. The second kappa shape index (κ2) is 9.55. The lowest BCUT2D eigenvalue weighted by Gasteiger charge is -2.36. The predicted octanol–water partition coefficient (Wildman–Crippen LogP) is 4.48. The number of fused-ring (bicyclic) bond motifs is 3. The molecule has 3 aromatic rings. The van der Waals surface area contributed by atoms with E-state index < -0.39 is 0 Å². The van der Waals surface area contributed by atoms with Gasteiger partial charge in [-0.05, 0) is 75.0 Å². The highest BCUT2D eigenvalue weighted by Gasteiger charge is 2.43. The number of amides is 2. The van der Waals surface area contributed by atoms with Gasteiger partial charge in [-0.25, -0.2) is 0 Å². The maximum Gasteiger partial charge on any atom is 0.265 e. The molecule has 2 amide bonds. The molecule has 180 valence electrons. The Morgan fingerprint density at radius 2 is 1.77 bits per heavy atom. The van der Waals surface area contributed by atoms with Crippen LogP contribution in [0.2, 0.25) is 0 Å². The minimum Gasteiger partial charge on any atom is -0.484 e. The van der Waals surface area contributed by atoms with Gasteiger partial charge in [0.05, 0.1) is 0 Å². The maximum absolute atomic E-state index is 13.4. The van der Waals surface area contributed by atoms with Crippen LogP contribution in [-0.4, -0.2) is 56.5 Å². The van der Waals surface area contributed by atoms with Crippen LogP contribution in [0.15, 0.2) is 72.8 Å². The number of nitrogens with zero attached hydrogens (tertiary/aromatic N) is 3. The highest BCUT2D eigenvalue weighted by molar-refractivity contribution is 6.05. The van der Waals surface area contributed by atoms with Gasteiger partial charge in [-0.15, -0.1) is 0 Å². The van der Waals surface area contributed by atoms with Crippen LogP contribution in [0.4, 0.5) is 11.4 Å². The summed E-state index contributed by atoms with van der Waals surface area (Å²) in [6.45, 7) is 4.02. The fourth-order valence-corrected chi connectivity index (χ4v) is 5.28. The summed E-state index contributed by atoms with van der Waals surface area (Å²) in [6.07, 6.45) is 0.955. The number of likely N-dealkylation sites (tertiary alicyclic amines) is 1. The molecule has 0 bridgehead atoms. The zero-order valence-corrected chi connectivity index (χ0v) is 20.5. The molecule has 0 N–H and O–H groups in total. The van der Waals surface area contributed by atoms with Gasteiger partial charge in [0.2, 0.25) is 0 Å². The van der Waals surface area contributed by atoms with E-state index in [1.807, 2.05) is 35.2 Å². The summed E-state index contributed by atoms with van der Waals surface area (Å²) in [7, 11) is 3.90.